The lowest BCUT2D eigenvalue weighted by atomic mass is 9.88. The van der Waals surface area contributed by atoms with E-state index in [-0.39, 0.29) is 5.91 Å². The Morgan fingerprint density at radius 1 is 1.39 bits per heavy atom. The van der Waals surface area contributed by atoms with Gasteiger partial charge in [-0.2, -0.15) is 0 Å². The molecular weight excluding hydrogens is 248 g/mol. The number of nitrogen functional groups attached to an aromatic ring is 1. The van der Waals surface area contributed by atoms with Gasteiger partial charge >= 0.3 is 0 Å². The third-order valence-corrected chi connectivity index (χ3v) is 4.16. The normalized spacial score (nSPS) is 24.1. The molecule has 1 fully saturated rings. The molecule has 1 amide bonds. The van der Waals surface area contributed by atoms with Crippen molar-refractivity contribution in [2.75, 3.05) is 18.8 Å². The number of halogens is 1. The predicted octanol–water partition coefficient (Wildman–Crippen LogP) is 3.04. The summed E-state index contributed by atoms with van der Waals surface area (Å²) < 4.78 is 0. The fourth-order valence-corrected chi connectivity index (χ4v) is 2.59. The third kappa shape index (κ3) is 2.61. The van der Waals surface area contributed by atoms with Gasteiger partial charge in [0.05, 0.1) is 10.6 Å². The van der Waals surface area contributed by atoms with Gasteiger partial charge in [-0.05, 0) is 36.5 Å². The molecular formula is C14H19ClN2O. The first-order chi connectivity index (χ1) is 8.49. The molecule has 0 radical (unpaired) electrons. The van der Waals surface area contributed by atoms with Crippen molar-refractivity contribution < 1.29 is 4.79 Å². The van der Waals surface area contributed by atoms with Gasteiger partial charge in [0.1, 0.15) is 0 Å². The summed E-state index contributed by atoms with van der Waals surface area (Å²) in [4.78, 5) is 14.3. The highest BCUT2D eigenvalue weighted by Crippen LogP contribution is 2.26. The molecule has 0 aliphatic carbocycles. The molecule has 0 bridgehead atoms. The van der Waals surface area contributed by atoms with Crippen LogP contribution in [-0.4, -0.2) is 23.9 Å². The molecule has 1 saturated heterocycles. The molecule has 2 atom stereocenters. The Balaban J connectivity index is 2.16. The van der Waals surface area contributed by atoms with Crippen molar-refractivity contribution in [3.63, 3.8) is 0 Å². The number of nitrogens with two attached hydrogens (primary N) is 1. The average molecular weight is 267 g/mol. The second-order valence-electron chi connectivity index (χ2n) is 5.23. The number of rotatable bonds is 1. The van der Waals surface area contributed by atoms with E-state index in [1.165, 1.54) is 0 Å². The van der Waals surface area contributed by atoms with Gasteiger partial charge in [0, 0.05) is 18.8 Å². The van der Waals surface area contributed by atoms with E-state index in [0.29, 0.717) is 28.1 Å². The number of likely N-dealkylation sites (tertiary alicyclic amines) is 1. The fraction of sp³-hybridized carbons (Fsp3) is 0.500. The second kappa shape index (κ2) is 5.19. The zero-order chi connectivity index (χ0) is 13.3. The number of benzene rings is 1. The first-order valence-electron chi connectivity index (χ1n) is 6.33. The molecule has 1 heterocycles. The van der Waals surface area contributed by atoms with Gasteiger partial charge in [0.25, 0.3) is 5.91 Å². The third-order valence-electron chi connectivity index (χ3n) is 3.84. The van der Waals surface area contributed by atoms with Crippen LogP contribution in [0.3, 0.4) is 0 Å². The molecule has 2 N–H and O–H groups in total. The Kier molecular flexibility index (Phi) is 3.81. The van der Waals surface area contributed by atoms with E-state index < -0.39 is 0 Å². The Hall–Kier alpha value is -1.22. The smallest absolute Gasteiger partial charge is 0.255 e. The van der Waals surface area contributed by atoms with Crippen molar-refractivity contribution >= 4 is 23.2 Å². The molecule has 2 rings (SSSR count). The number of hydrogen-bond acceptors (Lipinski definition) is 2. The van der Waals surface area contributed by atoms with E-state index in [0.717, 1.165) is 19.5 Å². The van der Waals surface area contributed by atoms with Crippen LogP contribution >= 0.6 is 11.6 Å². The fourth-order valence-electron chi connectivity index (χ4n) is 2.32. The summed E-state index contributed by atoms with van der Waals surface area (Å²) in [6.45, 7) is 6.04. The molecule has 98 valence electrons. The number of hydrogen-bond donors (Lipinski definition) is 1. The Morgan fingerprint density at radius 2 is 2.11 bits per heavy atom. The molecule has 3 nitrogen and oxygen atoms in total. The summed E-state index contributed by atoms with van der Waals surface area (Å²) in [6.07, 6.45) is 1.06. The van der Waals surface area contributed by atoms with E-state index in [1.807, 2.05) is 4.90 Å². The molecule has 0 aromatic heterocycles. The van der Waals surface area contributed by atoms with Crippen molar-refractivity contribution in [1.29, 1.82) is 0 Å². The van der Waals surface area contributed by atoms with E-state index >= 15 is 0 Å². The minimum Gasteiger partial charge on any atom is -0.399 e. The maximum absolute atomic E-state index is 12.4. The molecule has 1 aromatic carbocycles. The molecule has 1 aromatic rings. The molecule has 1 aliphatic rings. The van der Waals surface area contributed by atoms with Gasteiger partial charge < -0.3 is 10.6 Å². The molecule has 2 unspecified atom stereocenters. The lowest BCUT2D eigenvalue weighted by Crippen LogP contribution is -2.42. The van der Waals surface area contributed by atoms with Crippen LogP contribution in [0.2, 0.25) is 5.02 Å². The highest BCUT2D eigenvalue weighted by Gasteiger charge is 2.27. The van der Waals surface area contributed by atoms with Crippen LogP contribution in [0, 0.1) is 11.8 Å². The van der Waals surface area contributed by atoms with Crippen LogP contribution in [0.4, 0.5) is 5.69 Å². The number of amides is 1. The monoisotopic (exact) mass is 266 g/mol. The predicted molar refractivity (Wildman–Crippen MR) is 74.7 cm³/mol. The van der Waals surface area contributed by atoms with Crippen LogP contribution in [-0.2, 0) is 0 Å². The first-order valence-corrected chi connectivity index (χ1v) is 6.71. The van der Waals surface area contributed by atoms with E-state index in [9.17, 15) is 4.79 Å². The second-order valence-corrected chi connectivity index (χ2v) is 5.64. The van der Waals surface area contributed by atoms with Gasteiger partial charge in [-0.1, -0.05) is 25.4 Å². The summed E-state index contributed by atoms with van der Waals surface area (Å²) in [5.41, 5.74) is 6.77. The zero-order valence-corrected chi connectivity index (χ0v) is 11.6. The minimum atomic E-state index is 0.0127. The van der Waals surface area contributed by atoms with Crippen molar-refractivity contribution in [3.8, 4) is 0 Å². The quantitative estimate of drug-likeness (QED) is 0.794. The van der Waals surface area contributed by atoms with Gasteiger partial charge in [-0.25, -0.2) is 0 Å². The van der Waals surface area contributed by atoms with Crippen LogP contribution in [0.5, 0.6) is 0 Å². The number of carbonyl (C=O) groups is 1. The highest BCUT2D eigenvalue weighted by molar-refractivity contribution is 6.34. The van der Waals surface area contributed by atoms with E-state index in [4.69, 9.17) is 17.3 Å². The van der Waals surface area contributed by atoms with Crippen molar-refractivity contribution in [2.24, 2.45) is 11.8 Å². The standard InChI is InChI=1S/C14H19ClN2O/c1-9-5-6-17(8-10(9)2)14(18)12-4-3-11(16)7-13(12)15/h3-4,7,9-10H,5-6,8,16H2,1-2H3. The summed E-state index contributed by atoms with van der Waals surface area (Å²) in [5.74, 6) is 1.23. The van der Waals surface area contributed by atoms with E-state index in [2.05, 4.69) is 13.8 Å². The summed E-state index contributed by atoms with van der Waals surface area (Å²) in [5, 5.41) is 0.436. The number of carbonyl (C=O) groups excluding carboxylic acids is 1. The van der Waals surface area contributed by atoms with Crippen LogP contribution in [0.1, 0.15) is 30.6 Å². The molecule has 1 aliphatic heterocycles. The topological polar surface area (TPSA) is 46.3 Å². The lowest BCUT2D eigenvalue weighted by Gasteiger charge is -2.35. The lowest BCUT2D eigenvalue weighted by molar-refractivity contribution is 0.0627. The molecule has 0 spiro atoms. The molecule has 0 saturated carbocycles. The Labute approximate surface area is 113 Å². The maximum atomic E-state index is 12.4. The van der Waals surface area contributed by atoms with Crippen LogP contribution in [0.15, 0.2) is 18.2 Å². The Bertz CT molecular complexity index is 461. The van der Waals surface area contributed by atoms with Gasteiger partial charge in [-0.15, -0.1) is 0 Å². The minimum absolute atomic E-state index is 0.0127. The number of piperidine rings is 1. The number of nitrogens with zero attached hydrogens (tertiary/aromatic N) is 1. The largest absolute Gasteiger partial charge is 0.399 e. The maximum Gasteiger partial charge on any atom is 0.255 e. The van der Waals surface area contributed by atoms with Crippen molar-refractivity contribution in [3.05, 3.63) is 28.8 Å². The van der Waals surface area contributed by atoms with Crippen molar-refractivity contribution in [1.82, 2.24) is 4.90 Å². The molecule has 18 heavy (non-hydrogen) atoms. The highest BCUT2D eigenvalue weighted by atomic mass is 35.5. The molecule has 4 heteroatoms. The Morgan fingerprint density at radius 3 is 2.72 bits per heavy atom. The first kappa shape index (κ1) is 13.2. The summed E-state index contributed by atoms with van der Waals surface area (Å²) in [6, 6.07) is 5.06. The van der Waals surface area contributed by atoms with Crippen LogP contribution < -0.4 is 5.73 Å². The van der Waals surface area contributed by atoms with Crippen LogP contribution in [0.25, 0.3) is 0 Å². The number of anilines is 1. The van der Waals surface area contributed by atoms with Crippen molar-refractivity contribution in [2.45, 2.75) is 20.3 Å². The van der Waals surface area contributed by atoms with Gasteiger partial charge in [0.2, 0.25) is 0 Å². The zero-order valence-electron chi connectivity index (χ0n) is 10.8. The van der Waals surface area contributed by atoms with Gasteiger partial charge in [0.15, 0.2) is 0 Å². The SMILES string of the molecule is CC1CCN(C(=O)c2ccc(N)cc2Cl)CC1C. The average Bonchev–Trinajstić information content (AvgIpc) is 2.32. The van der Waals surface area contributed by atoms with E-state index in [1.54, 1.807) is 18.2 Å². The summed E-state index contributed by atoms with van der Waals surface area (Å²) >= 11 is 6.08. The van der Waals surface area contributed by atoms with Gasteiger partial charge in [-0.3, -0.25) is 4.79 Å². The summed E-state index contributed by atoms with van der Waals surface area (Å²) in [7, 11) is 0.